The first-order chi connectivity index (χ1) is 15.0. The lowest BCUT2D eigenvalue weighted by atomic mass is 10.1. The van der Waals surface area contributed by atoms with E-state index in [0.717, 1.165) is 16.8 Å². The molecule has 0 spiro atoms. The number of rotatable bonds is 4. The summed E-state index contributed by atoms with van der Waals surface area (Å²) in [7, 11) is 0. The van der Waals surface area contributed by atoms with Crippen molar-refractivity contribution in [2.24, 2.45) is 0 Å². The van der Waals surface area contributed by atoms with Crippen molar-refractivity contribution in [3.63, 3.8) is 0 Å². The van der Waals surface area contributed by atoms with Gasteiger partial charge in [-0.25, -0.2) is 0 Å². The summed E-state index contributed by atoms with van der Waals surface area (Å²) in [6.45, 7) is 3.84. The summed E-state index contributed by atoms with van der Waals surface area (Å²) >= 11 is 0. The van der Waals surface area contributed by atoms with Crippen molar-refractivity contribution in [1.82, 2.24) is 25.4 Å². The second-order valence-electron chi connectivity index (χ2n) is 7.12. The summed E-state index contributed by atoms with van der Waals surface area (Å²) < 4.78 is 11.8. The zero-order valence-electron chi connectivity index (χ0n) is 16.9. The van der Waals surface area contributed by atoms with Crippen LogP contribution in [0.15, 0.2) is 57.4 Å². The molecule has 154 valence electrons. The van der Waals surface area contributed by atoms with Gasteiger partial charge in [0.15, 0.2) is 0 Å². The number of aromatic amines is 1. The second-order valence-corrected chi connectivity index (χ2v) is 7.12. The molecule has 0 amide bonds. The normalized spacial score (nSPS) is 11.2. The molecule has 0 aliphatic heterocycles. The lowest BCUT2D eigenvalue weighted by Gasteiger charge is -1.99. The van der Waals surface area contributed by atoms with Gasteiger partial charge in [0, 0.05) is 17.1 Å². The molecule has 0 saturated carbocycles. The molecule has 5 N–H and O–H groups in total. The highest BCUT2D eigenvalue weighted by molar-refractivity contribution is 5.75. The lowest BCUT2D eigenvalue weighted by Crippen LogP contribution is -1.88. The van der Waals surface area contributed by atoms with Gasteiger partial charge in [0.1, 0.15) is 5.69 Å². The van der Waals surface area contributed by atoms with Crippen LogP contribution in [0.25, 0.3) is 45.9 Å². The van der Waals surface area contributed by atoms with Crippen molar-refractivity contribution < 1.29 is 8.83 Å². The molecule has 0 aliphatic carbocycles. The molecule has 0 unspecified atom stereocenters. The van der Waals surface area contributed by atoms with Gasteiger partial charge in [0.25, 0.3) is 5.89 Å². The quantitative estimate of drug-likeness (QED) is 0.371. The van der Waals surface area contributed by atoms with E-state index >= 15 is 0 Å². The number of hydrogen-bond donors (Lipinski definition) is 3. The number of aryl methyl sites for hydroxylation is 1. The van der Waals surface area contributed by atoms with Crippen LogP contribution in [0.3, 0.4) is 0 Å². The van der Waals surface area contributed by atoms with E-state index in [4.69, 9.17) is 20.3 Å². The number of nitrogens with two attached hydrogens (primary N) is 2. The standard InChI is InChI=1S/C22H19N7O2/c1-11-17(21-28-26-19(30-21)13-7-3-5-9-15(13)23)12(2)25-18(11)22-29-27-20(31-22)14-8-4-6-10-16(14)24/h3-10,25H,23-24H2,1-2H3. The Morgan fingerprint density at radius 3 is 1.74 bits per heavy atom. The van der Waals surface area contributed by atoms with Crippen molar-refractivity contribution in [3.8, 4) is 45.9 Å². The van der Waals surface area contributed by atoms with Crippen molar-refractivity contribution >= 4 is 11.4 Å². The van der Waals surface area contributed by atoms with Crippen molar-refractivity contribution in [3.05, 3.63) is 59.8 Å². The Balaban J connectivity index is 1.53. The van der Waals surface area contributed by atoms with E-state index in [-0.39, 0.29) is 0 Å². The van der Waals surface area contributed by atoms with Gasteiger partial charge in [0.05, 0.1) is 16.7 Å². The van der Waals surface area contributed by atoms with E-state index in [9.17, 15) is 0 Å². The molecule has 0 aliphatic rings. The first-order valence-corrected chi connectivity index (χ1v) is 9.59. The Kier molecular flexibility index (Phi) is 4.28. The minimum Gasteiger partial charge on any atom is -0.416 e. The summed E-state index contributed by atoms with van der Waals surface area (Å²) in [4.78, 5) is 3.29. The number of anilines is 2. The van der Waals surface area contributed by atoms with Crippen LogP contribution in [0.2, 0.25) is 0 Å². The SMILES string of the molecule is Cc1[nH]c(-c2nnc(-c3ccccc3N)o2)c(C)c1-c1nnc(-c2ccccc2N)o1. The summed E-state index contributed by atoms with van der Waals surface area (Å²) in [6.07, 6.45) is 0. The van der Waals surface area contributed by atoms with Crippen LogP contribution in [0.4, 0.5) is 11.4 Å². The predicted octanol–water partition coefficient (Wildman–Crippen LogP) is 4.23. The zero-order valence-corrected chi connectivity index (χ0v) is 16.9. The molecule has 9 nitrogen and oxygen atoms in total. The van der Waals surface area contributed by atoms with Gasteiger partial charge in [-0.1, -0.05) is 24.3 Å². The Morgan fingerprint density at radius 2 is 1.16 bits per heavy atom. The highest BCUT2D eigenvalue weighted by Crippen LogP contribution is 2.36. The van der Waals surface area contributed by atoms with E-state index in [2.05, 4.69) is 25.4 Å². The first-order valence-electron chi connectivity index (χ1n) is 9.59. The Morgan fingerprint density at radius 1 is 0.677 bits per heavy atom. The van der Waals surface area contributed by atoms with E-state index < -0.39 is 0 Å². The number of hydrogen-bond acceptors (Lipinski definition) is 8. The van der Waals surface area contributed by atoms with E-state index in [1.165, 1.54) is 0 Å². The number of nitrogens with zero attached hydrogens (tertiary/aromatic N) is 4. The molecule has 31 heavy (non-hydrogen) atoms. The number of nitrogen functional groups attached to an aromatic ring is 2. The number of H-pyrrole nitrogens is 1. The fourth-order valence-electron chi connectivity index (χ4n) is 3.53. The van der Waals surface area contributed by atoms with E-state index in [0.29, 0.717) is 51.8 Å². The molecule has 3 heterocycles. The van der Waals surface area contributed by atoms with Crippen LogP contribution < -0.4 is 11.5 Å². The first kappa shape index (κ1) is 18.6. The zero-order chi connectivity index (χ0) is 21.5. The summed E-state index contributed by atoms with van der Waals surface area (Å²) in [5.41, 5.74) is 17.7. The second kappa shape index (κ2) is 7.13. The summed E-state index contributed by atoms with van der Waals surface area (Å²) in [5, 5.41) is 16.7. The molecule has 0 bridgehead atoms. The third-order valence-corrected chi connectivity index (χ3v) is 5.10. The Labute approximate surface area is 177 Å². The van der Waals surface area contributed by atoms with Crippen molar-refractivity contribution in [2.75, 3.05) is 11.5 Å². The summed E-state index contributed by atoms with van der Waals surface area (Å²) in [5.74, 6) is 1.43. The Bertz CT molecular complexity index is 1400. The minimum atomic E-state index is 0.345. The highest BCUT2D eigenvalue weighted by atomic mass is 16.4. The van der Waals surface area contributed by atoms with E-state index in [1.54, 1.807) is 12.1 Å². The number of para-hydroxylation sites is 2. The van der Waals surface area contributed by atoms with Crippen molar-refractivity contribution in [1.29, 1.82) is 0 Å². The molecule has 0 saturated heterocycles. The van der Waals surface area contributed by atoms with Crippen LogP contribution in [0.1, 0.15) is 11.3 Å². The molecule has 0 radical (unpaired) electrons. The third kappa shape index (κ3) is 3.12. The largest absolute Gasteiger partial charge is 0.416 e. The number of aromatic nitrogens is 5. The maximum atomic E-state index is 6.03. The van der Waals surface area contributed by atoms with Crippen LogP contribution in [-0.4, -0.2) is 25.4 Å². The fraction of sp³-hybridized carbons (Fsp3) is 0.0909. The number of nitrogens with one attached hydrogen (secondary N) is 1. The van der Waals surface area contributed by atoms with Gasteiger partial charge in [-0.15, -0.1) is 20.4 Å². The van der Waals surface area contributed by atoms with Crippen LogP contribution >= 0.6 is 0 Å². The molecule has 3 aromatic heterocycles. The molecule has 2 aromatic carbocycles. The average molecular weight is 413 g/mol. The van der Waals surface area contributed by atoms with E-state index in [1.807, 2.05) is 50.2 Å². The average Bonchev–Trinajstić information content (AvgIpc) is 3.48. The van der Waals surface area contributed by atoms with Gasteiger partial charge >= 0.3 is 0 Å². The van der Waals surface area contributed by atoms with Gasteiger partial charge in [-0.05, 0) is 43.7 Å². The lowest BCUT2D eigenvalue weighted by molar-refractivity contribution is 0.582. The fourth-order valence-corrected chi connectivity index (χ4v) is 3.53. The van der Waals surface area contributed by atoms with Gasteiger partial charge < -0.3 is 25.3 Å². The van der Waals surface area contributed by atoms with Crippen LogP contribution in [0, 0.1) is 13.8 Å². The molecule has 0 atom stereocenters. The number of benzene rings is 2. The maximum Gasteiger partial charge on any atom is 0.264 e. The molecule has 5 aromatic rings. The molecule has 9 heteroatoms. The van der Waals surface area contributed by atoms with Crippen LogP contribution in [-0.2, 0) is 0 Å². The topological polar surface area (TPSA) is 146 Å². The monoisotopic (exact) mass is 413 g/mol. The predicted molar refractivity (Wildman–Crippen MR) is 117 cm³/mol. The molecular formula is C22H19N7O2. The summed E-state index contributed by atoms with van der Waals surface area (Å²) in [6, 6.07) is 14.7. The van der Waals surface area contributed by atoms with Gasteiger partial charge in [-0.3, -0.25) is 0 Å². The third-order valence-electron chi connectivity index (χ3n) is 5.10. The smallest absolute Gasteiger partial charge is 0.264 e. The molecule has 5 rings (SSSR count). The van der Waals surface area contributed by atoms with Crippen molar-refractivity contribution in [2.45, 2.75) is 13.8 Å². The van der Waals surface area contributed by atoms with Gasteiger partial charge in [0.2, 0.25) is 17.7 Å². The van der Waals surface area contributed by atoms with Gasteiger partial charge in [-0.2, -0.15) is 0 Å². The van der Waals surface area contributed by atoms with Crippen LogP contribution in [0.5, 0.6) is 0 Å². The molecular weight excluding hydrogens is 394 g/mol. The maximum absolute atomic E-state index is 6.03. The molecule has 0 fully saturated rings. The Hall–Kier alpha value is -4.40. The minimum absolute atomic E-state index is 0.345. The highest BCUT2D eigenvalue weighted by Gasteiger charge is 2.23.